The number of benzene rings is 2. The van der Waals surface area contributed by atoms with Crippen LogP contribution in [0.3, 0.4) is 0 Å². The predicted octanol–water partition coefficient (Wildman–Crippen LogP) is 4.74. The van der Waals surface area contributed by atoms with Crippen molar-refractivity contribution in [2.75, 3.05) is 6.54 Å². The number of rotatable bonds is 8. The summed E-state index contributed by atoms with van der Waals surface area (Å²) in [6.45, 7) is 3.18. The zero-order valence-corrected chi connectivity index (χ0v) is 20.7. The molecule has 4 aromatic rings. The fourth-order valence-corrected chi connectivity index (χ4v) is 4.59. The van der Waals surface area contributed by atoms with E-state index >= 15 is 0 Å². The minimum Gasteiger partial charge on any atom is -0.455 e. The number of furan rings is 1. The van der Waals surface area contributed by atoms with Gasteiger partial charge in [-0.2, -0.15) is 5.10 Å². The van der Waals surface area contributed by atoms with E-state index in [1.54, 1.807) is 24.7 Å². The zero-order chi connectivity index (χ0) is 25.6. The standard InChI is InChI=1S/C29H29N5O3/c1-20-26-24(32-33-28(35)23-13-11-22(12-14-23)21-7-3-2-4-8-21)9-5-10-25(26)37-27(20)29(36)31-15-6-17-34-18-16-30-19-34/h2-4,7-8,11-14,16,18-19H,5-6,9-10,15,17H2,1H3,(H,31,36)(H,33,35)/b32-24+. The first-order valence-corrected chi connectivity index (χ1v) is 12.5. The van der Waals surface area contributed by atoms with Gasteiger partial charge < -0.3 is 14.3 Å². The van der Waals surface area contributed by atoms with Crippen LogP contribution in [0, 0.1) is 6.92 Å². The highest BCUT2D eigenvalue weighted by atomic mass is 16.4. The number of nitrogens with zero attached hydrogens (tertiary/aromatic N) is 3. The predicted molar refractivity (Wildman–Crippen MR) is 141 cm³/mol. The van der Waals surface area contributed by atoms with Crippen LogP contribution in [-0.4, -0.2) is 33.6 Å². The monoisotopic (exact) mass is 495 g/mol. The van der Waals surface area contributed by atoms with Gasteiger partial charge in [0.25, 0.3) is 11.8 Å². The second-order valence-corrected chi connectivity index (χ2v) is 9.06. The molecule has 1 aliphatic rings. The molecule has 0 spiro atoms. The maximum Gasteiger partial charge on any atom is 0.287 e. The number of nitrogens with one attached hydrogen (secondary N) is 2. The van der Waals surface area contributed by atoms with Gasteiger partial charge in [-0.3, -0.25) is 9.59 Å². The van der Waals surface area contributed by atoms with Crippen molar-refractivity contribution in [3.63, 3.8) is 0 Å². The van der Waals surface area contributed by atoms with E-state index in [0.29, 0.717) is 24.3 Å². The molecule has 0 fully saturated rings. The Balaban J connectivity index is 1.23. The molecule has 2 aromatic heterocycles. The van der Waals surface area contributed by atoms with E-state index in [9.17, 15) is 9.59 Å². The first-order chi connectivity index (χ1) is 18.1. The highest BCUT2D eigenvalue weighted by Crippen LogP contribution is 2.30. The molecule has 0 radical (unpaired) electrons. The number of aryl methyl sites for hydroxylation is 2. The fourth-order valence-electron chi connectivity index (χ4n) is 4.59. The Morgan fingerprint density at radius 2 is 1.81 bits per heavy atom. The summed E-state index contributed by atoms with van der Waals surface area (Å²) >= 11 is 0. The molecule has 0 bridgehead atoms. The number of hydrogen-bond acceptors (Lipinski definition) is 5. The van der Waals surface area contributed by atoms with Crippen molar-refractivity contribution in [3.8, 4) is 11.1 Å². The lowest BCUT2D eigenvalue weighted by atomic mass is 9.93. The van der Waals surface area contributed by atoms with E-state index in [0.717, 1.165) is 59.5 Å². The van der Waals surface area contributed by atoms with E-state index in [-0.39, 0.29) is 11.8 Å². The normalized spacial score (nSPS) is 13.8. The lowest BCUT2D eigenvalue weighted by Crippen LogP contribution is -2.25. The second kappa shape index (κ2) is 11.1. The maximum atomic E-state index is 12.8. The van der Waals surface area contributed by atoms with Crippen molar-refractivity contribution in [1.82, 2.24) is 20.3 Å². The molecule has 2 N–H and O–H groups in total. The molecular formula is C29H29N5O3. The van der Waals surface area contributed by atoms with Crippen molar-refractivity contribution in [2.45, 2.75) is 39.2 Å². The molecule has 37 heavy (non-hydrogen) atoms. The highest BCUT2D eigenvalue weighted by molar-refractivity contribution is 6.07. The van der Waals surface area contributed by atoms with E-state index < -0.39 is 0 Å². The number of imidazole rings is 1. The number of amides is 2. The minimum atomic E-state index is -0.281. The quantitative estimate of drug-likeness (QED) is 0.272. The summed E-state index contributed by atoms with van der Waals surface area (Å²) in [6.07, 6.45) is 8.44. The molecule has 8 heteroatoms. The third-order valence-corrected chi connectivity index (χ3v) is 6.52. The number of fused-ring (bicyclic) bond motifs is 1. The van der Waals surface area contributed by atoms with Gasteiger partial charge in [-0.15, -0.1) is 0 Å². The van der Waals surface area contributed by atoms with Crippen molar-refractivity contribution >= 4 is 17.5 Å². The zero-order valence-electron chi connectivity index (χ0n) is 20.7. The van der Waals surface area contributed by atoms with Gasteiger partial charge in [0.05, 0.1) is 12.0 Å². The first kappa shape index (κ1) is 24.2. The van der Waals surface area contributed by atoms with E-state index in [1.807, 2.05) is 60.2 Å². The summed E-state index contributed by atoms with van der Waals surface area (Å²) in [4.78, 5) is 29.6. The molecule has 5 rings (SSSR count). The Labute approximate surface area is 215 Å². The first-order valence-electron chi connectivity index (χ1n) is 12.5. The Kier molecular flexibility index (Phi) is 7.26. The molecule has 0 saturated carbocycles. The van der Waals surface area contributed by atoms with Gasteiger partial charge in [-0.1, -0.05) is 42.5 Å². The molecule has 1 aliphatic carbocycles. The summed E-state index contributed by atoms with van der Waals surface area (Å²) in [5.74, 6) is 0.535. The Morgan fingerprint density at radius 1 is 1.03 bits per heavy atom. The van der Waals surface area contributed by atoms with Gasteiger partial charge in [-0.25, -0.2) is 10.4 Å². The highest BCUT2D eigenvalue weighted by Gasteiger charge is 2.28. The lowest BCUT2D eigenvalue weighted by Gasteiger charge is -2.13. The molecule has 2 heterocycles. The van der Waals surface area contributed by atoms with Crippen LogP contribution in [0.2, 0.25) is 0 Å². The van der Waals surface area contributed by atoms with Crippen LogP contribution in [-0.2, 0) is 13.0 Å². The van der Waals surface area contributed by atoms with Crippen LogP contribution in [0.1, 0.15) is 57.1 Å². The van der Waals surface area contributed by atoms with Crippen LogP contribution in [0.5, 0.6) is 0 Å². The maximum absolute atomic E-state index is 12.8. The van der Waals surface area contributed by atoms with Crippen LogP contribution < -0.4 is 10.7 Å². The lowest BCUT2D eigenvalue weighted by molar-refractivity contribution is 0.0920. The third kappa shape index (κ3) is 5.53. The summed E-state index contributed by atoms with van der Waals surface area (Å²) in [6, 6.07) is 17.5. The van der Waals surface area contributed by atoms with Gasteiger partial charge in [0.15, 0.2) is 5.76 Å². The molecule has 0 unspecified atom stereocenters. The molecule has 2 amide bonds. The Hall–Kier alpha value is -4.46. The molecule has 0 atom stereocenters. The number of hydrogen-bond donors (Lipinski definition) is 2. The fraction of sp³-hybridized carbons (Fsp3) is 0.241. The largest absolute Gasteiger partial charge is 0.455 e. The van der Waals surface area contributed by atoms with Crippen molar-refractivity contribution in [1.29, 1.82) is 0 Å². The van der Waals surface area contributed by atoms with Crippen LogP contribution in [0.15, 0.2) is 82.8 Å². The molecule has 2 aromatic carbocycles. The molecule has 0 saturated heterocycles. The third-order valence-electron chi connectivity index (χ3n) is 6.52. The van der Waals surface area contributed by atoms with E-state index in [1.165, 1.54) is 0 Å². The summed E-state index contributed by atoms with van der Waals surface area (Å²) in [5.41, 5.74) is 7.67. The van der Waals surface area contributed by atoms with Crippen molar-refractivity contribution in [3.05, 3.63) is 102 Å². The molecular weight excluding hydrogens is 466 g/mol. The molecule has 8 nitrogen and oxygen atoms in total. The number of carbonyl (C=O) groups is 2. The van der Waals surface area contributed by atoms with Crippen molar-refractivity contribution < 1.29 is 14.0 Å². The van der Waals surface area contributed by atoms with Crippen LogP contribution >= 0.6 is 0 Å². The molecule has 188 valence electrons. The SMILES string of the molecule is Cc1c(C(=O)NCCCn2ccnc2)oc2c1/C(=N/NC(=O)c1ccc(-c3ccccc3)cc1)CCC2. The van der Waals surface area contributed by atoms with E-state index in [4.69, 9.17) is 4.42 Å². The Bertz CT molecular complexity index is 1400. The Morgan fingerprint density at radius 3 is 2.57 bits per heavy atom. The number of hydrazone groups is 1. The number of carbonyl (C=O) groups excluding carboxylic acids is 2. The molecule has 0 aliphatic heterocycles. The average molecular weight is 496 g/mol. The summed E-state index contributed by atoms with van der Waals surface area (Å²) < 4.78 is 7.93. The average Bonchev–Trinajstić information content (AvgIpc) is 3.58. The van der Waals surface area contributed by atoms with Crippen LogP contribution in [0.25, 0.3) is 11.1 Å². The summed E-state index contributed by atoms with van der Waals surface area (Å²) in [7, 11) is 0. The number of aromatic nitrogens is 2. The summed E-state index contributed by atoms with van der Waals surface area (Å²) in [5, 5.41) is 7.37. The van der Waals surface area contributed by atoms with Crippen molar-refractivity contribution in [2.24, 2.45) is 5.10 Å². The van der Waals surface area contributed by atoms with Gasteiger partial charge in [0.1, 0.15) is 5.76 Å². The topological polar surface area (TPSA) is 102 Å². The van der Waals surface area contributed by atoms with Gasteiger partial charge >= 0.3 is 0 Å². The van der Waals surface area contributed by atoms with Gasteiger partial charge in [-0.05, 0) is 49.4 Å². The smallest absolute Gasteiger partial charge is 0.287 e. The minimum absolute atomic E-state index is 0.237. The van der Waals surface area contributed by atoms with Gasteiger partial charge in [0.2, 0.25) is 0 Å². The van der Waals surface area contributed by atoms with E-state index in [2.05, 4.69) is 20.8 Å². The second-order valence-electron chi connectivity index (χ2n) is 9.06. The van der Waals surface area contributed by atoms with Gasteiger partial charge in [0, 0.05) is 48.6 Å². The van der Waals surface area contributed by atoms with Crippen LogP contribution in [0.4, 0.5) is 0 Å².